The number of rotatable bonds is 5. The Bertz CT molecular complexity index is 599. The fraction of sp³-hybridized carbons (Fsp3) is 0.471. The fourth-order valence-corrected chi connectivity index (χ4v) is 2.99. The molecule has 0 saturated carbocycles. The van der Waals surface area contributed by atoms with Gasteiger partial charge in [-0.25, -0.2) is 9.97 Å². The molecule has 0 bridgehead atoms. The molecule has 1 aliphatic rings. The van der Waals surface area contributed by atoms with E-state index in [1.54, 1.807) is 0 Å². The van der Waals surface area contributed by atoms with Gasteiger partial charge < -0.3 is 4.90 Å². The first-order valence-electron chi connectivity index (χ1n) is 7.83. The van der Waals surface area contributed by atoms with Gasteiger partial charge in [0, 0.05) is 25.5 Å². The van der Waals surface area contributed by atoms with E-state index in [1.807, 2.05) is 30.6 Å². The van der Waals surface area contributed by atoms with Gasteiger partial charge in [0.05, 0.1) is 17.4 Å². The summed E-state index contributed by atoms with van der Waals surface area (Å²) in [5.41, 5.74) is 2.19. The van der Waals surface area contributed by atoms with Crippen LogP contribution in [0.25, 0.3) is 0 Å². The predicted molar refractivity (Wildman–Crippen MR) is 86.0 cm³/mol. The molecular weight excluding hydrogens is 274 g/mol. The fourth-order valence-electron chi connectivity index (χ4n) is 2.99. The summed E-state index contributed by atoms with van der Waals surface area (Å²) in [6, 6.07) is 8.39. The van der Waals surface area contributed by atoms with Crippen LogP contribution in [-0.2, 0) is 13.1 Å². The van der Waals surface area contributed by atoms with Crippen molar-refractivity contribution in [1.29, 1.82) is 0 Å². The average molecular weight is 297 g/mol. The lowest BCUT2D eigenvalue weighted by Crippen LogP contribution is -2.25. The highest BCUT2D eigenvalue weighted by Crippen LogP contribution is 2.30. The summed E-state index contributed by atoms with van der Waals surface area (Å²) in [4.78, 5) is 18.3. The van der Waals surface area contributed by atoms with Crippen LogP contribution in [0.5, 0.6) is 0 Å². The van der Waals surface area contributed by atoms with Crippen LogP contribution in [0, 0.1) is 0 Å². The maximum absolute atomic E-state index is 4.77. The maximum Gasteiger partial charge on any atom is 0.145 e. The number of hydrogen-bond acceptors (Lipinski definition) is 5. The topological polar surface area (TPSA) is 45.2 Å². The Morgan fingerprint density at radius 1 is 1.14 bits per heavy atom. The normalized spacial score (nSPS) is 19.0. The molecule has 2 aromatic rings. The van der Waals surface area contributed by atoms with Gasteiger partial charge >= 0.3 is 0 Å². The first-order valence-corrected chi connectivity index (χ1v) is 7.83. The summed E-state index contributed by atoms with van der Waals surface area (Å²) in [5.74, 6) is 0.952. The zero-order valence-corrected chi connectivity index (χ0v) is 13.3. The molecule has 0 radical (unpaired) electrons. The molecule has 0 N–H and O–H groups in total. The summed E-state index contributed by atoms with van der Waals surface area (Å²) < 4.78 is 0. The summed E-state index contributed by atoms with van der Waals surface area (Å²) >= 11 is 0. The molecule has 1 fully saturated rings. The quantitative estimate of drug-likeness (QED) is 0.847. The van der Waals surface area contributed by atoms with Crippen molar-refractivity contribution in [3.63, 3.8) is 0 Å². The Morgan fingerprint density at radius 3 is 2.82 bits per heavy atom. The van der Waals surface area contributed by atoms with Crippen LogP contribution in [0.4, 0.5) is 0 Å². The molecule has 0 spiro atoms. The minimum Gasteiger partial charge on any atom is -0.304 e. The smallest absolute Gasteiger partial charge is 0.145 e. The second kappa shape index (κ2) is 6.94. The van der Waals surface area contributed by atoms with Crippen molar-refractivity contribution in [1.82, 2.24) is 24.8 Å². The molecule has 3 heterocycles. The van der Waals surface area contributed by atoms with E-state index in [1.165, 1.54) is 6.42 Å². The van der Waals surface area contributed by atoms with Gasteiger partial charge in [-0.1, -0.05) is 6.07 Å². The van der Waals surface area contributed by atoms with Crippen LogP contribution in [0.1, 0.15) is 36.1 Å². The molecule has 1 saturated heterocycles. The van der Waals surface area contributed by atoms with Crippen LogP contribution < -0.4 is 0 Å². The largest absolute Gasteiger partial charge is 0.304 e. The average Bonchev–Trinajstić information content (AvgIpc) is 2.96. The highest BCUT2D eigenvalue weighted by atomic mass is 15.2. The van der Waals surface area contributed by atoms with Crippen LogP contribution in [-0.4, -0.2) is 45.4 Å². The SMILES string of the molecule is CN(C)Cc1ccnc([C@@H]2CCCN2Cc2ccccn2)n1. The molecule has 5 nitrogen and oxygen atoms in total. The molecule has 0 aliphatic carbocycles. The standard InChI is InChI=1S/C17H23N5/c1-21(2)12-15-8-10-19-17(20-15)16-7-5-11-22(16)13-14-6-3-4-9-18-14/h3-4,6,8-10,16H,5,7,11-13H2,1-2H3/t16-/m0/s1. The second-order valence-corrected chi connectivity index (χ2v) is 6.09. The number of aromatic nitrogens is 3. The molecule has 3 rings (SSSR count). The summed E-state index contributed by atoms with van der Waals surface area (Å²) in [5, 5.41) is 0. The molecule has 0 unspecified atom stereocenters. The summed E-state index contributed by atoms with van der Waals surface area (Å²) in [6.45, 7) is 2.80. The molecule has 0 aromatic carbocycles. The minimum absolute atomic E-state index is 0.309. The molecule has 2 aromatic heterocycles. The van der Waals surface area contributed by atoms with Crippen LogP contribution >= 0.6 is 0 Å². The Balaban J connectivity index is 1.75. The van der Waals surface area contributed by atoms with Gasteiger partial charge in [0.15, 0.2) is 0 Å². The molecule has 22 heavy (non-hydrogen) atoms. The van der Waals surface area contributed by atoms with E-state index >= 15 is 0 Å². The van der Waals surface area contributed by atoms with E-state index in [0.29, 0.717) is 6.04 Å². The Hall–Kier alpha value is -1.85. The van der Waals surface area contributed by atoms with Crippen LogP contribution in [0.15, 0.2) is 36.7 Å². The Morgan fingerprint density at radius 2 is 2.05 bits per heavy atom. The van der Waals surface area contributed by atoms with Crippen molar-refractivity contribution < 1.29 is 0 Å². The van der Waals surface area contributed by atoms with E-state index < -0.39 is 0 Å². The first-order chi connectivity index (χ1) is 10.7. The molecule has 1 aliphatic heterocycles. The number of nitrogens with zero attached hydrogens (tertiary/aromatic N) is 5. The van der Waals surface area contributed by atoms with Crippen molar-refractivity contribution in [3.8, 4) is 0 Å². The molecular formula is C17H23N5. The van der Waals surface area contributed by atoms with Crippen LogP contribution in [0.2, 0.25) is 0 Å². The summed E-state index contributed by atoms with van der Waals surface area (Å²) in [6.07, 6.45) is 6.06. The highest BCUT2D eigenvalue weighted by Gasteiger charge is 2.28. The van der Waals surface area contributed by atoms with Crippen molar-refractivity contribution in [2.24, 2.45) is 0 Å². The van der Waals surface area contributed by atoms with E-state index in [4.69, 9.17) is 4.98 Å². The number of pyridine rings is 1. The van der Waals surface area contributed by atoms with E-state index in [9.17, 15) is 0 Å². The lowest BCUT2D eigenvalue weighted by Gasteiger charge is -2.23. The van der Waals surface area contributed by atoms with E-state index in [2.05, 4.69) is 39.9 Å². The van der Waals surface area contributed by atoms with Gasteiger partial charge in [0.1, 0.15) is 5.82 Å². The second-order valence-electron chi connectivity index (χ2n) is 6.09. The molecule has 1 atom stereocenters. The number of hydrogen-bond donors (Lipinski definition) is 0. The summed E-state index contributed by atoms with van der Waals surface area (Å²) in [7, 11) is 4.12. The zero-order valence-electron chi connectivity index (χ0n) is 13.3. The van der Waals surface area contributed by atoms with Crippen molar-refractivity contribution in [3.05, 3.63) is 53.9 Å². The van der Waals surface area contributed by atoms with Gasteiger partial charge in [0.25, 0.3) is 0 Å². The van der Waals surface area contributed by atoms with Crippen LogP contribution in [0.3, 0.4) is 0 Å². The molecule has 5 heteroatoms. The molecule has 0 amide bonds. The van der Waals surface area contributed by atoms with Crippen molar-refractivity contribution in [2.75, 3.05) is 20.6 Å². The minimum atomic E-state index is 0.309. The lowest BCUT2D eigenvalue weighted by molar-refractivity contribution is 0.236. The third-order valence-corrected chi connectivity index (χ3v) is 3.96. The van der Waals surface area contributed by atoms with Gasteiger partial charge in [0.2, 0.25) is 0 Å². The highest BCUT2D eigenvalue weighted by molar-refractivity contribution is 5.09. The molecule has 116 valence electrons. The van der Waals surface area contributed by atoms with Gasteiger partial charge in [-0.3, -0.25) is 9.88 Å². The Kier molecular flexibility index (Phi) is 4.75. The third kappa shape index (κ3) is 3.67. The zero-order chi connectivity index (χ0) is 15.4. The first kappa shape index (κ1) is 15.1. The monoisotopic (exact) mass is 297 g/mol. The third-order valence-electron chi connectivity index (χ3n) is 3.96. The van der Waals surface area contributed by atoms with Crippen molar-refractivity contribution in [2.45, 2.75) is 32.0 Å². The lowest BCUT2D eigenvalue weighted by atomic mass is 10.2. The van der Waals surface area contributed by atoms with Gasteiger partial charge in [-0.05, 0) is 51.7 Å². The van der Waals surface area contributed by atoms with Gasteiger partial charge in [-0.2, -0.15) is 0 Å². The van der Waals surface area contributed by atoms with E-state index in [-0.39, 0.29) is 0 Å². The predicted octanol–water partition coefficient (Wildman–Crippen LogP) is 2.27. The van der Waals surface area contributed by atoms with Gasteiger partial charge in [-0.15, -0.1) is 0 Å². The van der Waals surface area contributed by atoms with E-state index in [0.717, 1.165) is 43.3 Å². The number of likely N-dealkylation sites (tertiary alicyclic amines) is 1. The Labute approximate surface area is 132 Å². The maximum atomic E-state index is 4.77. The van der Waals surface area contributed by atoms with Crippen molar-refractivity contribution >= 4 is 0 Å².